The first-order valence-electron chi connectivity index (χ1n) is 6.44. The van der Waals surface area contributed by atoms with Crippen LogP contribution in [-0.4, -0.2) is 10.9 Å². The van der Waals surface area contributed by atoms with E-state index in [1.54, 1.807) is 6.20 Å². The first-order chi connectivity index (χ1) is 10.1. The van der Waals surface area contributed by atoms with Gasteiger partial charge >= 0.3 is 0 Å². The third kappa shape index (κ3) is 2.76. The number of H-pyrrole nitrogens is 1. The highest BCUT2D eigenvalue weighted by molar-refractivity contribution is 6.33. The number of hydrogen-bond acceptors (Lipinski definition) is 1. The summed E-state index contributed by atoms with van der Waals surface area (Å²) in [6.07, 6.45) is 1.93. The minimum Gasteiger partial charge on any atom is -0.361 e. The van der Waals surface area contributed by atoms with Crippen LogP contribution < -0.4 is 5.32 Å². The highest BCUT2D eigenvalue weighted by atomic mass is 35.5. The van der Waals surface area contributed by atoms with Crippen molar-refractivity contribution < 1.29 is 9.18 Å². The number of para-hydroxylation sites is 2. The molecule has 0 spiro atoms. The van der Waals surface area contributed by atoms with Gasteiger partial charge in [-0.3, -0.25) is 4.79 Å². The molecule has 0 aliphatic rings. The summed E-state index contributed by atoms with van der Waals surface area (Å²) in [5.41, 5.74) is 1.84. The van der Waals surface area contributed by atoms with Crippen molar-refractivity contribution >= 4 is 34.1 Å². The molecule has 5 heteroatoms. The Kier molecular flexibility index (Phi) is 3.62. The Balaban J connectivity index is 1.81. The molecular weight excluding hydrogens is 291 g/mol. The predicted octanol–water partition coefficient (Wildman–Crippen LogP) is 4.14. The van der Waals surface area contributed by atoms with Crippen LogP contribution in [0, 0.1) is 5.82 Å². The Bertz CT molecular complexity index is 793. The quantitative estimate of drug-likeness (QED) is 0.750. The van der Waals surface area contributed by atoms with E-state index in [2.05, 4.69) is 10.3 Å². The third-order valence-electron chi connectivity index (χ3n) is 3.25. The smallest absolute Gasteiger partial charge is 0.228 e. The van der Waals surface area contributed by atoms with Gasteiger partial charge in [0.05, 0.1) is 17.1 Å². The van der Waals surface area contributed by atoms with Gasteiger partial charge in [0.2, 0.25) is 5.91 Å². The van der Waals surface area contributed by atoms with Gasteiger partial charge in [0.25, 0.3) is 0 Å². The van der Waals surface area contributed by atoms with Gasteiger partial charge in [-0.2, -0.15) is 0 Å². The molecule has 0 aliphatic heterocycles. The van der Waals surface area contributed by atoms with Gasteiger partial charge in [0.1, 0.15) is 5.82 Å². The van der Waals surface area contributed by atoms with Gasteiger partial charge < -0.3 is 10.3 Å². The second-order valence-corrected chi connectivity index (χ2v) is 5.09. The fraction of sp³-hybridized carbons (Fsp3) is 0.0625. The van der Waals surface area contributed by atoms with Crippen LogP contribution in [0.15, 0.2) is 48.7 Å². The van der Waals surface area contributed by atoms with E-state index < -0.39 is 5.82 Å². The Morgan fingerprint density at radius 3 is 2.81 bits per heavy atom. The van der Waals surface area contributed by atoms with E-state index in [4.69, 9.17) is 11.6 Å². The molecule has 106 valence electrons. The Morgan fingerprint density at radius 1 is 1.19 bits per heavy atom. The van der Waals surface area contributed by atoms with Crippen LogP contribution in [0.5, 0.6) is 0 Å². The number of aromatic amines is 1. The summed E-state index contributed by atoms with van der Waals surface area (Å²) in [5, 5.41) is 3.68. The van der Waals surface area contributed by atoms with Gasteiger partial charge in [-0.1, -0.05) is 35.9 Å². The first kappa shape index (κ1) is 13.6. The maximum absolute atomic E-state index is 13.6. The number of rotatable bonds is 3. The second-order valence-electron chi connectivity index (χ2n) is 4.68. The molecule has 0 fully saturated rings. The average molecular weight is 303 g/mol. The van der Waals surface area contributed by atoms with Gasteiger partial charge in [-0.25, -0.2) is 4.39 Å². The molecule has 1 amide bonds. The van der Waals surface area contributed by atoms with Crippen LogP contribution >= 0.6 is 11.6 Å². The highest BCUT2D eigenvalue weighted by Crippen LogP contribution is 2.25. The molecule has 0 unspecified atom stereocenters. The van der Waals surface area contributed by atoms with Crippen molar-refractivity contribution in [3.05, 3.63) is 65.1 Å². The zero-order chi connectivity index (χ0) is 14.8. The van der Waals surface area contributed by atoms with Crippen LogP contribution in [0.2, 0.25) is 5.02 Å². The number of carbonyl (C=O) groups is 1. The summed E-state index contributed by atoms with van der Waals surface area (Å²) >= 11 is 5.89. The molecule has 3 aromatic rings. The van der Waals surface area contributed by atoms with E-state index in [-0.39, 0.29) is 23.0 Å². The molecule has 0 atom stereocenters. The average Bonchev–Trinajstić information content (AvgIpc) is 2.87. The topological polar surface area (TPSA) is 44.9 Å². The van der Waals surface area contributed by atoms with E-state index in [0.717, 1.165) is 16.5 Å². The molecule has 1 heterocycles. The number of halogens is 2. The largest absolute Gasteiger partial charge is 0.361 e. The third-order valence-corrected chi connectivity index (χ3v) is 3.57. The molecule has 2 N–H and O–H groups in total. The number of anilines is 1. The normalized spacial score (nSPS) is 10.8. The lowest BCUT2D eigenvalue weighted by Crippen LogP contribution is -2.15. The minimum atomic E-state index is -0.547. The van der Waals surface area contributed by atoms with Gasteiger partial charge in [-0.15, -0.1) is 0 Å². The number of carbonyl (C=O) groups excluding carboxylic acids is 1. The second kappa shape index (κ2) is 5.58. The lowest BCUT2D eigenvalue weighted by Gasteiger charge is -2.07. The summed E-state index contributed by atoms with van der Waals surface area (Å²) < 4.78 is 13.6. The highest BCUT2D eigenvalue weighted by Gasteiger charge is 2.13. The van der Waals surface area contributed by atoms with E-state index in [1.165, 1.54) is 18.2 Å². The fourth-order valence-electron chi connectivity index (χ4n) is 2.25. The predicted molar refractivity (Wildman–Crippen MR) is 82.0 cm³/mol. The van der Waals surface area contributed by atoms with Gasteiger partial charge in [0.15, 0.2) is 0 Å². The number of benzene rings is 2. The maximum atomic E-state index is 13.6. The molecule has 1 aromatic heterocycles. The Labute approximate surface area is 125 Å². The summed E-state index contributed by atoms with van der Waals surface area (Å²) in [5.74, 6) is -0.860. The van der Waals surface area contributed by atoms with Crippen LogP contribution in [0.25, 0.3) is 10.9 Å². The number of aromatic nitrogens is 1. The van der Waals surface area contributed by atoms with Crippen molar-refractivity contribution in [2.24, 2.45) is 0 Å². The number of fused-ring (bicyclic) bond motifs is 1. The van der Waals surface area contributed by atoms with Crippen LogP contribution in [0.1, 0.15) is 5.56 Å². The first-order valence-corrected chi connectivity index (χ1v) is 6.82. The van der Waals surface area contributed by atoms with Crippen molar-refractivity contribution in [2.75, 3.05) is 5.32 Å². The van der Waals surface area contributed by atoms with Crippen LogP contribution in [0.3, 0.4) is 0 Å². The number of amides is 1. The van der Waals surface area contributed by atoms with E-state index in [9.17, 15) is 9.18 Å². The Hall–Kier alpha value is -2.33. The van der Waals surface area contributed by atoms with Crippen molar-refractivity contribution in [3.63, 3.8) is 0 Å². The molecule has 3 nitrogen and oxygen atoms in total. The Morgan fingerprint density at radius 2 is 2.00 bits per heavy atom. The summed E-state index contributed by atoms with van der Waals surface area (Å²) in [6.45, 7) is 0. The van der Waals surface area contributed by atoms with Crippen molar-refractivity contribution in [1.82, 2.24) is 4.98 Å². The monoisotopic (exact) mass is 302 g/mol. The SMILES string of the molecule is O=C(Cc1c[nH]c2ccccc12)Nc1c(F)cccc1Cl. The lowest BCUT2D eigenvalue weighted by atomic mass is 10.1. The molecular formula is C16H12ClFN2O. The molecule has 21 heavy (non-hydrogen) atoms. The zero-order valence-corrected chi connectivity index (χ0v) is 11.7. The minimum absolute atomic E-state index is 0.0176. The molecule has 3 rings (SSSR count). The summed E-state index contributed by atoms with van der Waals surface area (Å²) in [6, 6.07) is 12.0. The van der Waals surface area contributed by atoms with Crippen LogP contribution in [-0.2, 0) is 11.2 Å². The molecule has 0 radical (unpaired) electrons. The number of hydrogen-bond donors (Lipinski definition) is 2. The molecule has 0 bridgehead atoms. The van der Waals surface area contributed by atoms with Gasteiger partial charge in [0, 0.05) is 17.1 Å². The van der Waals surface area contributed by atoms with Gasteiger partial charge in [-0.05, 0) is 23.8 Å². The zero-order valence-electron chi connectivity index (χ0n) is 11.0. The fourth-order valence-corrected chi connectivity index (χ4v) is 2.46. The van der Waals surface area contributed by atoms with Crippen LogP contribution in [0.4, 0.5) is 10.1 Å². The summed E-state index contributed by atoms with van der Waals surface area (Å²) in [4.78, 5) is 15.2. The van der Waals surface area contributed by atoms with Crippen molar-refractivity contribution in [1.29, 1.82) is 0 Å². The summed E-state index contributed by atoms with van der Waals surface area (Å²) in [7, 11) is 0. The maximum Gasteiger partial charge on any atom is 0.228 e. The van der Waals surface area contributed by atoms with Crippen molar-refractivity contribution in [3.8, 4) is 0 Å². The molecule has 0 saturated carbocycles. The molecule has 2 aromatic carbocycles. The number of nitrogens with one attached hydrogen (secondary N) is 2. The van der Waals surface area contributed by atoms with E-state index in [0.29, 0.717) is 0 Å². The standard InChI is InChI=1S/C16H12ClFN2O/c17-12-5-3-6-13(18)16(12)20-15(21)8-10-9-19-14-7-2-1-4-11(10)14/h1-7,9,19H,8H2,(H,20,21). The van der Waals surface area contributed by atoms with Crippen molar-refractivity contribution in [2.45, 2.75) is 6.42 Å². The lowest BCUT2D eigenvalue weighted by molar-refractivity contribution is -0.115. The van der Waals surface area contributed by atoms with E-state index in [1.807, 2.05) is 24.3 Å². The molecule has 0 aliphatic carbocycles. The molecule has 0 saturated heterocycles. The van der Waals surface area contributed by atoms with E-state index >= 15 is 0 Å².